The number of rotatable bonds is 25. The molecule has 0 rings (SSSR count). The minimum Gasteiger partial charge on any atom is -0.469 e. The molecule has 0 fully saturated rings. The molecule has 0 bridgehead atoms. The SMILES string of the molecule is CCCCCCCCCCCCCC(O)C(CCCCCCCCCCCC)C(=O)OC. The molecule has 0 aromatic rings. The van der Waals surface area contributed by atoms with E-state index >= 15 is 0 Å². The molecule has 0 aromatic heterocycles. The topological polar surface area (TPSA) is 46.5 Å². The van der Waals surface area contributed by atoms with Crippen molar-refractivity contribution in [3.63, 3.8) is 0 Å². The lowest BCUT2D eigenvalue weighted by Gasteiger charge is -2.20. The zero-order valence-corrected chi connectivity index (χ0v) is 22.2. The van der Waals surface area contributed by atoms with Crippen molar-refractivity contribution >= 4 is 5.97 Å². The van der Waals surface area contributed by atoms with Gasteiger partial charge in [0, 0.05) is 0 Å². The Labute approximate surface area is 201 Å². The van der Waals surface area contributed by atoms with Gasteiger partial charge >= 0.3 is 5.97 Å². The van der Waals surface area contributed by atoms with Gasteiger partial charge in [-0.2, -0.15) is 0 Å². The Bertz CT molecular complexity index is 383. The van der Waals surface area contributed by atoms with Gasteiger partial charge in [0.2, 0.25) is 0 Å². The zero-order valence-electron chi connectivity index (χ0n) is 22.2. The highest BCUT2D eigenvalue weighted by Gasteiger charge is 2.26. The van der Waals surface area contributed by atoms with Gasteiger partial charge in [0.25, 0.3) is 0 Å². The minimum atomic E-state index is -0.542. The average Bonchev–Trinajstić information content (AvgIpc) is 2.80. The number of hydrogen-bond acceptors (Lipinski definition) is 3. The summed E-state index contributed by atoms with van der Waals surface area (Å²) in [5.74, 6) is -0.561. The highest BCUT2D eigenvalue weighted by atomic mass is 16.5. The molecule has 0 spiro atoms. The van der Waals surface area contributed by atoms with Gasteiger partial charge in [-0.05, 0) is 12.8 Å². The normalized spacial score (nSPS) is 13.2. The van der Waals surface area contributed by atoms with Gasteiger partial charge in [0.05, 0.1) is 19.1 Å². The lowest BCUT2D eigenvalue weighted by atomic mass is 9.91. The lowest BCUT2D eigenvalue weighted by molar-refractivity contribution is -0.150. The van der Waals surface area contributed by atoms with Gasteiger partial charge in [0.1, 0.15) is 0 Å². The minimum absolute atomic E-state index is 0.225. The molecule has 0 aromatic carbocycles. The number of ether oxygens (including phenoxy) is 1. The summed E-state index contributed by atoms with van der Waals surface area (Å²) in [4.78, 5) is 12.2. The average molecular weight is 455 g/mol. The number of hydrogen-bond donors (Lipinski definition) is 1. The number of carbonyl (C=O) groups is 1. The predicted molar refractivity (Wildman–Crippen MR) is 139 cm³/mol. The van der Waals surface area contributed by atoms with E-state index in [9.17, 15) is 9.90 Å². The standard InChI is InChI=1S/C29H58O3/c1-4-6-8-10-12-14-16-18-20-22-24-26-28(30)27(29(31)32-3)25-23-21-19-17-15-13-11-9-7-5-2/h27-28,30H,4-26H2,1-3H3. The van der Waals surface area contributed by atoms with Crippen LogP contribution in [0.25, 0.3) is 0 Å². The third-order valence-corrected chi connectivity index (χ3v) is 6.94. The van der Waals surface area contributed by atoms with Gasteiger partial charge in [-0.15, -0.1) is 0 Å². The van der Waals surface area contributed by atoms with Crippen LogP contribution in [0.15, 0.2) is 0 Å². The van der Waals surface area contributed by atoms with Gasteiger partial charge < -0.3 is 9.84 Å². The van der Waals surface area contributed by atoms with Crippen LogP contribution in [0, 0.1) is 5.92 Å². The molecule has 0 amide bonds. The maximum Gasteiger partial charge on any atom is 0.311 e. The first-order valence-corrected chi connectivity index (χ1v) is 14.4. The number of aliphatic hydroxyl groups excluding tert-OH is 1. The third kappa shape index (κ3) is 20.1. The van der Waals surface area contributed by atoms with Crippen molar-refractivity contribution in [2.75, 3.05) is 7.11 Å². The largest absolute Gasteiger partial charge is 0.469 e. The van der Waals surface area contributed by atoms with E-state index in [0.29, 0.717) is 0 Å². The molecule has 0 aliphatic carbocycles. The molecule has 2 unspecified atom stereocenters. The van der Waals surface area contributed by atoms with E-state index < -0.39 is 6.10 Å². The summed E-state index contributed by atoms with van der Waals surface area (Å²) in [5, 5.41) is 10.6. The number of aliphatic hydroxyl groups is 1. The first-order chi connectivity index (χ1) is 15.7. The fourth-order valence-electron chi connectivity index (χ4n) is 4.69. The molecule has 3 nitrogen and oxygen atoms in total. The van der Waals surface area contributed by atoms with Crippen LogP contribution in [0.1, 0.15) is 162 Å². The number of unbranched alkanes of at least 4 members (excludes halogenated alkanes) is 19. The van der Waals surface area contributed by atoms with Crippen LogP contribution in [0.5, 0.6) is 0 Å². The Morgan fingerprint density at radius 2 is 0.875 bits per heavy atom. The highest BCUT2D eigenvalue weighted by Crippen LogP contribution is 2.22. The molecule has 1 N–H and O–H groups in total. The summed E-state index contributed by atoms with van der Waals surface area (Å²) >= 11 is 0. The van der Waals surface area contributed by atoms with E-state index in [4.69, 9.17) is 4.74 Å². The summed E-state index contributed by atoms with van der Waals surface area (Å²) in [7, 11) is 1.45. The molecule has 32 heavy (non-hydrogen) atoms. The van der Waals surface area contributed by atoms with E-state index in [-0.39, 0.29) is 11.9 Å². The second kappa shape index (κ2) is 25.1. The number of esters is 1. The molecule has 2 atom stereocenters. The summed E-state index contributed by atoms with van der Waals surface area (Å²) in [6.45, 7) is 4.53. The van der Waals surface area contributed by atoms with Crippen LogP contribution in [-0.4, -0.2) is 24.3 Å². The van der Waals surface area contributed by atoms with Crippen molar-refractivity contribution in [2.45, 2.75) is 168 Å². The van der Waals surface area contributed by atoms with E-state index in [2.05, 4.69) is 13.8 Å². The fraction of sp³-hybridized carbons (Fsp3) is 0.966. The van der Waals surface area contributed by atoms with Crippen LogP contribution >= 0.6 is 0 Å². The van der Waals surface area contributed by atoms with Gasteiger partial charge in [-0.3, -0.25) is 4.79 Å². The molecular formula is C29H58O3. The Morgan fingerprint density at radius 3 is 1.22 bits per heavy atom. The van der Waals surface area contributed by atoms with Crippen LogP contribution in [-0.2, 0) is 9.53 Å². The molecule has 0 saturated heterocycles. The highest BCUT2D eigenvalue weighted by molar-refractivity contribution is 5.72. The summed E-state index contributed by atoms with van der Waals surface area (Å²) in [5.41, 5.74) is 0. The van der Waals surface area contributed by atoms with Crippen molar-refractivity contribution in [3.05, 3.63) is 0 Å². The quantitative estimate of drug-likeness (QED) is 0.110. The first kappa shape index (κ1) is 31.4. The van der Waals surface area contributed by atoms with Crippen molar-refractivity contribution in [1.29, 1.82) is 0 Å². The Morgan fingerprint density at radius 1 is 0.562 bits per heavy atom. The first-order valence-electron chi connectivity index (χ1n) is 14.4. The van der Waals surface area contributed by atoms with Crippen molar-refractivity contribution in [2.24, 2.45) is 5.92 Å². The second-order valence-electron chi connectivity index (χ2n) is 9.99. The second-order valence-corrected chi connectivity index (χ2v) is 9.99. The Balaban J connectivity index is 3.75. The molecule has 0 radical (unpaired) electrons. The van der Waals surface area contributed by atoms with Gasteiger partial charge in [0.15, 0.2) is 0 Å². The third-order valence-electron chi connectivity index (χ3n) is 6.94. The van der Waals surface area contributed by atoms with Crippen molar-refractivity contribution in [3.8, 4) is 0 Å². The van der Waals surface area contributed by atoms with E-state index in [0.717, 1.165) is 32.1 Å². The van der Waals surface area contributed by atoms with Crippen molar-refractivity contribution in [1.82, 2.24) is 0 Å². The van der Waals surface area contributed by atoms with Crippen LogP contribution in [0.3, 0.4) is 0 Å². The number of carbonyl (C=O) groups excluding carboxylic acids is 1. The Hall–Kier alpha value is -0.570. The molecule has 3 heteroatoms. The molecular weight excluding hydrogens is 396 g/mol. The maximum atomic E-state index is 12.2. The maximum absolute atomic E-state index is 12.2. The predicted octanol–water partition coefficient (Wildman–Crippen LogP) is 9.15. The smallest absolute Gasteiger partial charge is 0.311 e. The fourth-order valence-corrected chi connectivity index (χ4v) is 4.69. The summed E-state index contributed by atoms with van der Waals surface area (Å²) < 4.78 is 4.98. The van der Waals surface area contributed by atoms with Crippen LogP contribution in [0.2, 0.25) is 0 Å². The van der Waals surface area contributed by atoms with Gasteiger partial charge in [-0.25, -0.2) is 0 Å². The molecule has 192 valence electrons. The van der Waals surface area contributed by atoms with E-state index in [1.807, 2.05) is 0 Å². The van der Waals surface area contributed by atoms with Crippen LogP contribution < -0.4 is 0 Å². The molecule has 0 aliphatic heterocycles. The van der Waals surface area contributed by atoms with E-state index in [1.54, 1.807) is 0 Å². The summed E-state index contributed by atoms with van der Waals surface area (Å²) in [6, 6.07) is 0. The molecule has 0 heterocycles. The molecule has 0 saturated carbocycles. The number of methoxy groups -OCH3 is 1. The lowest BCUT2D eigenvalue weighted by Crippen LogP contribution is -2.29. The molecule has 0 aliphatic rings. The summed E-state index contributed by atoms with van der Waals surface area (Å²) in [6.07, 6.45) is 28.2. The van der Waals surface area contributed by atoms with Crippen LogP contribution in [0.4, 0.5) is 0 Å². The van der Waals surface area contributed by atoms with Gasteiger partial charge in [-0.1, -0.05) is 149 Å². The Kier molecular flexibility index (Phi) is 24.6. The zero-order chi connectivity index (χ0) is 23.7. The van der Waals surface area contributed by atoms with Crippen molar-refractivity contribution < 1.29 is 14.6 Å². The van der Waals surface area contributed by atoms with E-state index in [1.165, 1.54) is 123 Å². The monoisotopic (exact) mass is 454 g/mol.